The average Bonchev–Trinajstić information content (AvgIpc) is 3.60. The summed E-state index contributed by atoms with van der Waals surface area (Å²) in [7, 11) is -3.22. The molecule has 0 unspecified atom stereocenters. The molecule has 0 aliphatic carbocycles. The van der Waals surface area contributed by atoms with Crippen LogP contribution in [0.5, 0.6) is 0 Å². The van der Waals surface area contributed by atoms with Gasteiger partial charge in [0.15, 0.2) is 8.24 Å². The van der Waals surface area contributed by atoms with E-state index in [1.807, 2.05) is 6.20 Å². The van der Waals surface area contributed by atoms with Crippen molar-refractivity contribution in [3.8, 4) is 0 Å². The van der Waals surface area contributed by atoms with E-state index in [0.717, 1.165) is 10.1 Å². The quantitative estimate of drug-likeness (QED) is 0.133. The number of unbranched alkanes of at least 4 members (excludes halogenated alkanes) is 3. The average molecular weight is 833 g/mol. The van der Waals surface area contributed by atoms with Gasteiger partial charge in [0.25, 0.3) is 0 Å². The Labute approximate surface area is 296 Å². The predicted molar refractivity (Wildman–Crippen MR) is 217 cm³/mol. The first-order chi connectivity index (χ1) is 21.4. The Morgan fingerprint density at radius 1 is 0.652 bits per heavy atom. The first-order valence-corrected chi connectivity index (χ1v) is 32.1. The molecule has 4 rings (SSSR count). The zero-order chi connectivity index (χ0) is 34.6. The van der Waals surface area contributed by atoms with Crippen LogP contribution in [-0.4, -0.2) is 53.3 Å². The van der Waals surface area contributed by atoms with Gasteiger partial charge in [-0.05, 0) is 39.3 Å². The molecule has 0 bridgehead atoms. The van der Waals surface area contributed by atoms with Gasteiger partial charge in [-0.1, -0.05) is 33.9 Å². The van der Waals surface area contributed by atoms with Crippen LogP contribution in [-0.2, 0) is 0 Å². The second-order valence-corrected chi connectivity index (χ2v) is 41.1. The fourth-order valence-corrected chi connectivity index (χ4v) is 26.1. The molecule has 0 aliphatic rings. The Kier molecular flexibility index (Phi) is 13.5. The summed E-state index contributed by atoms with van der Waals surface area (Å²) >= 11 is 1.07. The fourth-order valence-electron chi connectivity index (χ4n) is 6.29. The summed E-state index contributed by atoms with van der Waals surface area (Å²) in [5, 5.41) is 3.22. The topological polar surface area (TPSA) is 35.6 Å². The number of hydrogen-bond acceptors (Lipinski definition) is 2. The third-order valence-corrected chi connectivity index (χ3v) is 37.9. The molecule has 4 nitrogen and oxygen atoms in total. The van der Waals surface area contributed by atoms with Crippen molar-refractivity contribution in [3.63, 3.8) is 0 Å². The molecule has 8 heteroatoms. The van der Waals surface area contributed by atoms with Crippen molar-refractivity contribution in [2.24, 2.45) is 0 Å². The Morgan fingerprint density at radius 3 is 1.43 bits per heavy atom. The molecule has 0 radical (unpaired) electrons. The van der Waals surface area contributed by atoms with Crippen molar-refractivity contribution in [1.29, 1.82) is 0 Å². The van der Waals surface area contributed by atoms with Crippen LogP contribution < -0.4 is 3.58 Å². The third kappa shape index (κ3) is 8.62. The van der Waals surface area contributed by atoms with Crippen molar-refractivity contribution >= 4 is 76.4 Å². The van der Waals surface area contributed by atoms with E-state index >= 15 is 0 Å². The molecule has 0 amide bonds. The minimum atomic E-state index is -2.40. The van der Waals surface area contributed by atoms with Gasteiger partial charge in [0, 0.05) is 16.1 Å². The van der Waals surface area contributed by atoms with Gasteiger partial charge in [0.1, 0.15) is 5.65 Å². The summed E-state index contributed by atoms with van der Waals surface area (Å²) in [6.45, 7) is 31.0. The number of pyridine rings is 2. The third-order valence-electron chi connectivity index (χ3n) is 11.5. The van der Waals surface area contributed by atoms with Crippen LogP contribution in [0.3, 0.4) is 0 Å². The number of fused-ring (bicyclic) bond motifs is 2. The van der Waals surface area contributed by atoms with E-state index in [9.17, 15) is 0 Å². The van der Waals surface area contributed by atoms with Crippen LogP contribution >= 0.6 is 15.9 Å². The maximum atomic E-state index is 5.16. The van der Waals surface area contributed by atoms with Gasteiger partial charge >= 0.3 is 186 Å². The van der Waals surface area contributed by atoms with Crippen LogP contribution in [0.4, 0.5) is 0 Å². The minimum absolute atomic E-state index is 0.311. The zero-order valence-corrected chi connectivity index (χ0v) is 38.1. The summed E-state index contributed by atoms with van der Waals surface area (Å²) in [6, 6.07) is 9.23. The van der Waals surface area contributed by atoms with Gasteiger partial charge in [-0.15, -0.1) is 0 Å². The van der Waals surface area contributed by atoms with Crippen LogP contribution in [0.1, 0.15) is 101 Å². The molecule has 0 spiro atoms. The van der Waals surface area contributed by atoms with Gasteiger partial charge in [-0.25, -0.2) is 4.98 Å². The van der Waals surface area contributed by atoms with Crippen molar-refractivity contribution in [2.75, 3.05) is 0 Å². The summed E-state index contributed by atoms with van der Waals surface area (Å²) in [5.41, 5.74) is 2.33. The predicted octanol–water partition coefficient (Wildman–Crippen LogP) is 12.6. The second-order valence-electron chi connectivity index (χ2n) is 16.8. The molecule has 0 atom stereocenters. The molecule has 4 aromatic rings. The van der Waals surface area contributed by atoms with Gasteiger partial charge < -0.3 is 4.23 Å². The first kappa shape index (κ1) is 39.5. The molecular weight excluding hydrogens is 767 g/mol. The second kappa shape index (κ2) is 15.8. The van der Waals surface area contributed by atoms with Gasteiger partial charge in [0.2, 0.25) is 0 Å². The van der Waals surface area contributed by atoms with Gasteiger partial charge in [-0.3, -0.25) is 0 Å². The SMILES string of the molecule is CC(C)(C)[Si](C)(C)n1ccc2cc(Br)cnc21.CCC[CH2][Sn]([CH2]CCC)([CH2]CCC)[c]1cnc2c(ccn2[Si](C)(C)C(C)(C)C)c1. The molecular formula is C38H65BrN4Si2Sn. The molecule has 0 fully saturated rings. The molecule has 4 aromatic heterocycles. The number of nitrogens with zero attached hydrogens (tertiary/aromatic N) is 4. The van der Waals surface area contributed by atoms with E-state index < -0.39 is 34.8 Å². The van der Waals surface area contributed by atoms with Crippen LogP contribution in [0.25, 0.3) is 22.1 Å². The number of hydrogen-bond donors (Lipinski definition) is 0. The Hall–Kier alpha value is -0.908. The Bertz CT molecular complexity index is 1540. The molecule has 0 saturated heterocycles. The van der Waals surface area contributed by atoms with E-state index in [1.54, 1.807) is 3.58 Å². The van der Waals surface area contributed by atoms with Crippen LogP contribution in [0.15, 0.2) is 53.5 Å². The number of rotatable bonds is 12. The molecule has 46 heavy (non-hydrogen) atoms. The fraction of sp³-hybridized carbons (Fsp3) is 0.632. The molecule has 0 aromatic carbocycles. The number of halogens is 1. The van der Waals surface area contributed by atoms with Crippen molar-refractivity contribution in [2.45, 2.75) is 150 Å². The van der Waals surface area contributed by atoms with Crippen molar-refractivity contribution < 1.29 is 0 Å². The van der Waals surface area contributed by atoms with Gasteiger partial charge in [0.05, 0.1) is 0 Å². The van der Waals surface area contributed by atoms with E-state index in [2.05, 4.69) is 161 Å². The zero-order valence-electron chi connectivity index (χ0n) is 31.6. The maximum absolute atomic E-state index is 5.16. The summed E-state index contributed by atoms with van der Waals surface area (Å²) in [4.78, 5) is 9.73. The van der Waals surface area contributed by atoms with Crippen molar-refractivity contribution in [1.82, 2.24) is 18.4 Å². The van der Waals surface area contributed by atoms with Gasteiger partial charge in [-0.2, -0.15) is 0 Å². The summed E-state index contributed by atoms with van der Waals surface area (Å²) in [6.07, 6.45) is 17.0. The number of aromatic nitrogens is 4. The van der Waals surface area contributed by atoms with E-state index in [4.69, 9.17) is 4.98 Å². The summed E-state index contributed by atoms with van der Waals surface area (Å²) in [5.74, 6) is 0. The van der Waals surface area contributed by atoms with E-state index in [1.165, 1.54) is 68.3 Å². The standard InChI is InChI=1S/C13H19BrN2Si.C13H19N2Si.3C4H9.Sn/c1-13(2,3)17(4,5)16-7-6-10-8-11(14)9-15-12(10)16;1-13(2,3)16(4,5)15-10-8-11-7-6-9-14-12(11)15;3*1-3-4-2;/h6-9H,1-5H3;7-10H,1-5H3;3*1,3-4H2,2H3;. The van der Waals surface area contributed by atoms with E-state index in [0.29, 0.717) is 10.1 Å². The monoisotopic (exact) mass is 832 g/mol. The Balaban J connectivity index is 0.000000286. The molecule has 256 valence electrons. The van der Waals surface area contributed by atoms with Crippen LogP contribution in [0, 0.1) is 0 Å². The molecule has 0 aliphatic heterocycles. The summed E-state index contributed by atoms with van der Waals surface area (Å²) < 4.78 is 12.2. The Morgan fingerprint density at radius 2 is 1.04 bits per heavy atom. The molecule has 4 heterocycles. The first-order valence-electron chi connectivity index (χ1n) is 18.0. The van der Waals surface area contributed by atoms with Crippen LogP contribution in [0.2, 0.25) is 49.6 Å². The molecule has 0 saturated carbocycles. The normalized spacial score (nSPS) is 13.3. The molecule has 0 N–H and O–H groups in total. The van der Waals surface area contributed by atoms with E-state index in [-0.39, 0.29) is 0 Å². The van der Waals surface area contributed by atoms with Crippen molar-refractivity contribution in [3.05, 3.63) is 53.5 Å².